The van der Waals surface area contributed by atoms with Crippen LogP contribution < -0.4 is 0 Å². The second-order valence-electron chi connectivity index (χ2n) is 3.16. The number of esters is 1. The van der Waals surface area contributed by atoms with Gasteiger partial charge in [-0.3, -0.25) is 4.79 Å². The van der Waals surface area contributed by atoms with Crippen LogP contribution >= 0.6 is 0 Å². The first kappa shape index (κ1) is 8.31. The van der Waals surface area contributed by atoms with Crippen molar-refractivity contribution in [2.24, 2.45) is 11.8 Å². The summed E-state index contributed by atoms with van der Waals surface area (Å²) >= 11 is 0. The van der Waals surface area contributed by atoms with Crippen molar-refractivity contribution in [2.75, 3.05) is 7.11 Å². The Bertz CT molecular complexity index is 184. The van der Waals surface area contributed by atoms with Crippen LogP contribution in [0.25, 0.3) is 0 Å². The third-order valence-electron chi connectivity index (χ3n) is 2.41. The zero-order valence-electron chi connectivity index (χ0n) is 7.09. The largest absolute Gasteiger partial charge is 0.469 e. The van der Waals surface area contributed by atoms with Crippen LogP contribution in [-0.4, -0.2) is 13.1 Å². The molecule has 2 heteroatoms. The van der Waals surface area contributed by atoms with Gasteiger partial charge in [0.1, 0.15) is 0 Å². The summed E-state index contributed by atoms with van der Waals surface area (Å²) in [4.78, 5) is 11.0. The van der Waals surface area contributed by atoms with E-state index in [-0.39, 0.29) is 11.9 Å². The number of ether oxygens (including phenoxy) is 1. The number of hydrogen-bond acceptors (Lipinski definition) is 2. The minimum atomic E-state index is -0.0794. The lowest BCUT2D eigenvalue weighted by Gasteiger charge is -2.34. The first-order valence-corrected chi connectivity index (χ1v) is 3.90. The fourth-order valence-corrected chi connectivity index (χ4v) is 1.52. The van der Waals surface area contributed by atoms with Crippen molar-refractivity contribution in [1.29, 1.82) is 0 Å². The van der Waals surface area contributed by atoms with E-state index in [1.807, 2.05) is 6.92 Å². The zero-order chi connectivity index (χ0) is 8.43. The Hall–Kier alpha value is -0.790. The summed E-state index contributed by atoms with van der Waals surface area (Å²) in [6.07, 6.45) is 2.05. The van der Waals surface area contributed by atoms with Gasteiger partial charge in [0, 0.05) is 0 Å². The molecule has 0 unspecified atom stereocenters. The van der Waals surface area contributed by atoms with Gasteiger partial charge in [0.25, 0.3) is 0 Å². The Morgan fingerprint density at radius 3 is 2.27 bits per heavy atom. The molecule has 2 nitrogen and oxygen atoms in total. The quantitative estimate of drug-likeness (QED) is 0.447. The molecule has 62 valence electrons. The standard InChI is InChI=1S/C9H14O2/c1-6(2)7-4-5-8(7)9(10)11-3/h7-8H,1,4-5H2,2-3H3/t7-,8+/m0/s1. The lowest BCUT2D eigenvalue weighted by molar-refractivity contribution is -0.150. The Morgan fingerprint density at radius 1 is 1.45 bits per heavy atom. The molecule has 0 aliphatic heterocycles. The Morgan fingerprint density at radius 2 is 2.00 bits per heavy atom. The van der Waals surface area contributed by atoms with Gasteiger partial charge >= 0.3 is 5.97 Å². The molecule has 0 saturated heterocycles. The molecule has 0 heterocycles. The third-order valence-corrected chi connectivity index (χ3v) is 2.41. The van der Waals surface area contributed by atoms with E-state index in [1.165, 1.54) is 7.11 Å². The van der Waals surface area contributed by atoms with Gasteiger partial charge in [-0.1, -0.05) is 12.2 Å². The van der Waals surface area contributed by atoms with E-state index in [2.05, 4.69) is 11.3 Å². The van der Waals surface area contributed by atoms with Gasteiger partial charge in [-0.05, 0) is 25.7 Å². The van der Waals surface area contributed by atoms with Crippen molar-refractivity contribution in [3.8, 4) is 0 Å². The van der Waals surface area contributed by atoms with E-state index >= 15 is 0 Å². The molecule has 0 aromatic carbocycles. The van der Waals surface area contributed by atoms with Crippen LogP contribution in [0.1, 0.15) is 19.8 Å². The molecule has 0 radical (unpaired) electrons. The number of rotatable bonds is 2. The Balaban J connectivity index is 2.49. The molecule has 11 heavy (non-hydrogen) atoms. The maximum absolute atomic E-state index is 11.0. The third kappa shape index (κ3) is 1.44. The van der Waals surface area contributed by atoms with Crippen molar-refractivity contribution >= 4 is 5.97 Å². The van der Waals surface area contributed by atoms with Gasteiger partial charge < -0.3 is 4.74 Å². The second-order valence-corrected chi connectivity index (χ2v) is 3.16. The predicted molar refractivity (Wildman–Crippen MR) is 43.0 cm³/mol. The smallest absolute Gasteiger partial charge is 0.309 e. The highest BCUT2D eigenvalue weighted by molar-refractivity contribution is 5.74. The molecule has 1 saturated carbocycles. The minimum Gasteiger partial charge on any atom is -0.469 e. The molecule has 1 fully saturated rings. The van der Waals surface area contributed by atoms with Crippen LogP contribution in [0.15, 0.2) is 12.2 Å². The zero-order valence-corrected chi connectivity index (χ0v) is 7.09. The van der Waals surface area contributed by atoms with Crippen LogP contribution in [0.2, 0.25) is 0 Å². The number of methoxy groups -OCH3 is 1. The molecular formula is C9H14O2. The van der Waals surface area contributed by atoms with E-state index in [4.69, 9.17) is 0 Å². The average molecular weight is 154 g/mol. The van der Waals surface area contributed by atoms with E-state index < -0.39 is 0 Å². The van der Waals surface area contributed by atoms with Crippen LogP contribution in [0.5, 0.6) is 0 Å². The molecule has 0 spiro atoms. The van der Waals surface area contributed by atoms with Gasteiger partial charge in [-0.25, -0.2) is 0 Å². The molecule has 0 bridgehead atoms. The van der Waals surface area contributed by atoms with Gasteiger partial charge in [0.2, 0.25) is 0 Å². The lowest BCUT2D eigenvalue weighted by atomic mass is 9.70. The lowest BCUT2D eigenvalue weighted by Crippen LogP contribution is -2.34. The van der Waals surface area contributed by atoms with Crippen molar-refractivity contribution in [1.82, 2.24) is 0 Å². The van der Waals surface area contributed by atoms with Gasteiger partial charge in [0.05, 0.1) is 13.0 Å². The van der Waals surface area contributed by atoms with Crippen LogP contribution in [0, 0.1) is 11.8 Å². The first-order valence-electron chi connectivity index (χ1n) is 3.90. The molecule has 0 aromatic rings. The Kier molecular flexibility index (Phi) is 2.32. The molecule has 1 aliphatic carbocycles. The number of allylic oxidation sites excluding steroid dienone is 1. The van der Waals surface area contributed by atoms with E-state index in [0.717, 1.165) is 18.4 Å². The van der Waals surface area contributed by atoms with Gasteiger partial charge in [-0.2, -0.15) is 0 Å². The van der Waals surface area contributed by atoms with Crippen LogP contribution in [0.3, 0.4) is 0 Å². The van der Waals surface area contributed by atoms with Gasteiger partial charge in [0.15, 0.2) is 0 Å². The van der Waals surface area contributed by atoms with Crippen LogP contribution in [0.4, 0.5) is 0 Å². The summed E-state index contributed by atoms with van der Waals surface area (Å²) in [7, 11) is 1.44. The van der Waals surface area contributed by atoms with E-state index in [0.29, 0.717) is 5.92 Å². The predicted octanol–water partition coefficient (Wildman–Crippen LogP) is 1.76. The van der Waals surface area contributed by atoms with Crippen molar-refractivity contribution in [2.45, 2.75) is 19.8 Å². The first-order chi connectivity index (χ1) is 5.16. The monoisotopic (exact) mass is 154 g/mol. The fourth-order valence-electron chi connectivity index (χ4n) is 1.52. The number of carbonyl (C=O) groups is 1. The summed E-state index contributed by atoms with van der Waals surface area (Å²) in [6, 6.07) is 0. The van der Waals surface area contributed by atoms with Gasteiger partial charge in [-0.15, -0.1) is 0 Å². The van der Waals surface area contributed by atoms with E-state index in [1.54, 1.807) is 0 Å². The maximum atomic E-state index is 11.0. The highest BCUT2D eigenvalue weighted by atomic mass is 16.5. The summed E-state index contributed by atoms with van der Waals surface area (Å²) in [5, 5.41) is 0. The fraction of sp³-hybridized carbons (Fsp3) is 0.667. The summed E-state index contributed by atoms with van der Waals surface area (Å²) < 4.78 is 4.65. The molecular weight excluding hydrogens is 140 g/mol. The number of hydrogen-bond donors (Lipinski definition) is 0. The summed E-state index contributed by atoms with van der Waals surface area (Å²) in [5.74, 6) is 0.393. The topological polar surface area (TPSA) is 26.3 Å². The molecule has 1 aliphatic rings. The van der Waals surface area contributed by atoms with Crippen molar-refractivity contribution in [3.63, 3.8) is 0 Å². The molecule has 2 atom stereocenters. The Labute approximate surface area is 67.2 Å². The SMILES string of the molecule is C=C(C)[C@@H]1CC[C@H]1C(=O)OC. The average Bonchev–Trinajstić information content (AvgIpc) is 1.83. The number of carbonyl (C=O) groups excluding carboxylic acids is 1. The minimum absolute atomic E-state index is 0.0794. The maximum Gasteiger partial charge on any atom is 0.309 e. The molecule has 0 aromatic heterocycles. The molecule has 0 amide bonds. The molecule has 1 rings (SSSR count). The van der Waals surface area contributed by atoms with Crippen LogP contribution in [-0.2, 0) is 9.53 Å². The van der Waals surface area contributed by atoms with Crippen molar-refractivity contribution in [3.05, 3.63) is 12.2 Å². The van der Waals surface area contributed by atoms with Crippen molar-refractivity contribution < 1.29 is 9.53 Å². The molecule has 0 N–H and O–H groups in total. The summed E-state index contributed by atoms with van der Waals surface area (Å²) in [6.45, 7) is 5.81. The normalized spacial score (nSPS) is 28.9. The summed E-state index contributed by atoms with van der Waals surface area (Å²) in [5.41, 5.74) is 1.10. The highest BCUT2D eigenvalue weighted by Crippen LogP contribution is 2.39. The second kappa shape index (κ2) is 3.07. The highest BCUT2D eigenvalue weighted by Gasteiger charge is 2.37. The van der Waals surface area contributed by atoms with E-state index in [9.17, 15) is 4.79 Å².